The van der Waals surface area contributed by atoms with Crippen LogP contribution in [0.1, 0.15) is 56.9 Å². The van der Waals surface area contributed by atoms with E-state index in [1.807, 2.05) is 20.9 Å². The Balaban J connectivity index is 2.38. The number of alkyl halides is 1. The Morgan fingerprint density at radius 3 is 2.29 bits per heavy atom. The molecule has 0 amide bonds. The molecule has 0 saturated carbocycles. The van der Waals surface area contributed by atoms with E-state index in [9.17, 15) is 9.59 Å². The van der Waals surface area contributed by atoms with Gasteiger partial charge in [0.2, 0.25) is 5.78 Å². The van der Waals surface area contributed by atoms with Crippen LogP contribution in [-0.4, -0.2) is 22.0 Å². The summed E-state index contributed by atoms with van der Waals surface area (Å²) in [5.41, 5.74) is 3.33. The van der Waals surface area contributed by atoms with Gasteiger partial charge in [-0.1, -0.05) is 11.6 Å². The molecule has 128 valence electrons. The number of hydrogen-bond acceptors (Lipinski definition) is 2. The second kappa shape index (κ2) is 8.00. The Kier molecular flexibility index (Phi) is 6.25. The third-order valence-corrected chi connectivity index (χ3v) is 4.84. The van der Waals surface area contributed by atoms with Gasteiger partial charge in [0.1, 0.15) is 0 Å². The maximum Gasteiger partial charge on any atom is 0.209 e. The number of aromatic nitrogens is 1. The minimum Gasteiger partial charge on any atom is -0.344 e. The van der Waals surface area contributed by atoms with Gasteiger partial charge in [0.05, 0.1) is 5.69 Å². The summed E-state index contributed by atoms with van der Waals surface area (Å²) >= 11 is 11.6. The van der Waals surface area contributed by atoms with Crippen molar-refractivity contribution in [2.45, 2.75) is 33.1 Å². The lowest BCUT2D eigenvalue weighted by Crippen LogP contribution is -2.09. The smallest absolute Gasteiger partial charge is 0.209 e. The van der Waals surface area contributed by atoms with Crippen LogP contribution in [-0.2, 0) is 7.05 Å². The second-order valence-electron chi connectivity index (χ2n) is 5.90. The normalized spacial score (nSPS) is 10.9. The standard InChI is InChI=1S/C19H21Cl2NO2/c1-12-17(16(23)6-4-5-11-20)13(2)22(3)18(12)19(24)14-7-9-15(21)10-8-14/h7-10H,4-6,11H2,1-3H3. The molecule has 0 aliphatic rings. The summed E-state index contributed by atoms with van der Waals surface area (Å²) in [6, 6.07) is 6.79. The zero-order valence-electron chi connectivity index (χ0n) is 14.2. The Morgan fingerprint density at radius 1 is 1.08 bits per heavy atom. The third kappa shape index (κ3) is 3.73. The first-order valence-corrected chi connectivity index (χ1v) is 8.85. The number of Topliss-reactive ketones (excluding diaryl/α,β-unsaturated/α-hetero) is 1. The lowest BCUT2D eigenvalue weighted by atomic mass is 9.99. The SMILES string of the molecule is Cc1c(C(=O)CCCCCl)c(C)n(C)c1C(=O)c1ccc(Cl)cc1. The summed E-state index contributed by atoms with van der Waals surface area (Å²) in [6.45, 7) is 3.71. The summed E-state index contributed by atoms with van der Waals surface area (Å²) in [4.78, 5) is 25.4. The molecule has 0 radical (unpaired) electrons. The lowest BCUT2D eigenvalue weighted by Gasteiger charge is -2.06. The van der Waals surface area contributed by atoms with Gasteiger partial charge in [-0.3, -0.25) is 9.59 Å². The van der Waals surface area contributed by atoms with Gasteiger partial charge >= 0.3 is 0 Å². The van der Waals surface area contributed by atoms with Crippen molar-refractivity contribution < 1.29 is 9.59 Å². The molecule has 0 spiro atoms. The van der Waals surface area contributed by atoms with Crippen LogP contribution in [0.2, 0.25) is 5.02 Å². The molecule has 0 saturated heterocycles. The Morgan fingerprint density at radius 2 is 1.71 bits per heavy atom. The molecule has 0 fully saturated rings. The topological polar surface area (TPSA) is 39.1 Å². The molecule has 0 aliphatic carbocycles. The van der Waals surface area contributed by atoms with Crippen LogP contribution in [0.3, 0.4) is 0 Å². The quantitative estimate of drug-likeness (QED) is 0.388. The van der Waals surface area contributed by atoms with Crippen LogP contribution < -0.4 is 0 Å². The van der Waals surface area contributed by atoms with Crippen molar-refractivity contribution >= 4 is 34.8 Å². The number of unbranched alkanes of at least 4 members (excludes halogenated alkanes) is 1. The number of benzene rings is 1. The highest BCUT2D eigenvalue weighted by Crippen LogP contribution is 2.26. The van der Waals surface area contributed by atoms with Crippen molar-refractivity contribution in [2.75, 3.05) is 5.88 Å². The predicted molar refractivity (Wildman–Crippen MR) is 98.7 cm³/mol. The Hall–Kier alpha value is -1.58. The van der Waals surface area contributed by atoms with E-state index in [2.05, 4.69) is 0 Å². The van der Waals surface area contributed by atoms with Crippen LogP contribution >= 0.6 is 23.2 Å². The molecule has 0 bridgehead atoms. The van der Waals surface area contributed by atoms with Crippen LogP contribution in [0, 0.1) is 13.8 Å². The van der Waals surface area contributed by atoms with Gasteiger partial charge in [-0.25, -0.2) is 0 Å². The first-order chi connectivity index (χ1) is 11.4. The third-order valence-electron chi connectivity index (χ3n) is 4.32. The molecule has 5 heteroatoms. The Bertz CT molecular complexity index is 761. The summed E-state index contributed by atoms with van der Waals surface area (Å²) < 4.78 is 1.81. The van der Waals surface area contributed by atoms with Gasteiger partial charge in [-0.15, -0.1) is 11.6 Å². The summed E-state index contributed by atoms with van der Waals surface area (Å²) in [7, 11) is 1.82. The minimum atomic E-state index is -0.102. The largest absolute Gasteiger partial charge is 0.344 e. The average Bonchev–Trinajstić information content (AvgIpc) is 2.77. The molecule has 0 unspecified atom stereocenters. The fraction of sp³-hybridized carbons (Fsp3) is 0.368. The van der Waals surface area contributed by atoms with Crippen molar-refractivity contribution in [3.05, 3.63) is 57.4 Å². The molecule has 1 aromatic carbocycles. The van der Waals surface area contributed by atoms with Gasteiger partial charge < -0.3 is 4.57 Å². The minimum absolute atomic E-state index is 0.0703. The van der Waals surface area contributed by atoms with E-state index in [1.165, 1.54) is 0 Å². The van der Waals surface area contributed by atoms with E-state index < -0.39 is 0 Å². The molecule has 2 aromatic rings. The Labute approximate surface area is 152 Å². The van der Waals surface area contributed by atoms with Crippen LogP contribution in [0.25, 0.3) is 0 Å². The molecule has 0 N–H and O–H groups in total. The van der Waals surface area contributed by atoms with Crippen molar-refractivity contribution in [3.63, 3.8) is 0 Å². The number of carbonyl (C=O) groups is 2. The fourth-order valence-electron chi connectivity index (χ4n) is 2.95. The van der Waals surface area contributed by atoms with E-state index in [1.54, 1.807) is 28.8 Å². The fourth-order valence-corrected chi connectivity index (χ4v) is 3.27. The first kappa shape index (κ1) is 18.8. The number of carbonyl (C=O) groups excluding carboxylic acids is 2. The number of ketones is 2. The number of hydrogen-bond donors (Lipinski definition) is 0. The number of nitrogens with zero attached hydrogens (tertiary/aromatic N) is 1. The number of rotatable bonds is 7. The zero-order chi connectivity index (χ0) is 17.9. The van der Waals surface area contributed by atoms with E-state index >= 15 is 0 Å². The van der Waals surface area contributed by atoms with Gasteiger partial charge in [0.15, 0.2) is 5.78 Å². The van der Waals surface area contributed by atoms with Crippen molar-refractivity contribution in [2.24, 2.45) is 7.05 Å². The van der Waals surface area contributed by atoms with Crippen LogP contribution in [0.4, 0.5) is 0 Å². The second-order valence-corrected chi connectivity index (χ2v) is 6.71. The number of halogens is 2. The zero-order valence-corrected chi connectivity index (χ0v) is 15.7. The first-order valence-electron chi connectivity index (χ1n) is 7.93. The molecule has 1 aromatic heterocycles. The van der Waals surface area contributed by atoms with Gasteiger partial charge in [-0.05, 0) is 56.5 Å². The van der Waals surface area contributed by atoms with E-state index in [4.69, 9.17) is 23.2 Å². The maximum absolute atomic E-state index is 12.9. The lowest BCUT2D eigenvalue weighted by molar-refractivity contribution is 0.0978. The van der Waals surface area contributed by atoms with E-state index in [0.29, 0.717) is 34.1 Å². The van der Waals surface area contributed by atoms with Crippen molar-refractivity contribution in [1.29, 1.82) is 0 Å². The average molecular weight is 366 g/mol. The highest BCUT2D eigenvalue weighted by atomic mass is 35.5. The van der Waals surface area contributed by atoms with Crippen molar-refractivity contribution in [3.8, 4) is 0 Å². The van der Waals surface area contributed by atoms with Gasteiger partial charge in [0, 0.05) is 41.2 Å². The molecular weight excluding hydrogens is 345 g/mol. The summed E-state index contributed by atoms with van der Waals surface area (Å²) in [5, 5.41) is 0.585. The van der Waals surface area contributed by atoms with Crippen molar-refractivity contribution in [1.82, 2.24) is 4.57 Å². The highest BCUT2D eigenvalue weighted by Gasteiger charge is 2.25. The van der Waals surface area contributed by atoms with E-state index in [-0.39, 0.29) is 11.6 Å². The molecule has 3 nitrogen and oxygen atoms in total. The van der Waals surface area contributed by atoms with Gasteiger partial charge in [0.25, 0.3) is 0 Å². The maximum atomic E-state index is 12.9. The molecule has 0 aliphatic heterocycles. The summed E-state index contributed by atoms with van der Waals surface area (Å²) in [6.07, 6.45) is 2.03. The van der Waals surface area contributed by atoms with E-state index in [0.717, 1.165) is 24.1 Å². The highest BCUT2D eigenvalue weighted by molar-refractivity contribution is 6.30. The van der Waals surface area contributed by atoms with Crippen LogP contribution in [0.15, 0.2) is 24.3 Å². The molecule has 24 heavy (non-hydrogen) atoms. The molecule has 0 atom stereocenters. The summed E-state index contributed by atoms with van der Waals surface area (Å²) in [5.74, 6) is 0.524. The van der Waals surface area contributed by atoms with Crippen LogP contribution in [0.5, 0.6) is 0 Å². The molecule has 2 rings (SSSR count). The molecular formula is C19H21Cl2NO2. The molecule has 1 heterocycles. The predicted octanol–water partition coefficient (Wildman–Crippen LogP) is 5.12. The monoisotopic (exact) mass is 365 g/mol. The van der Waals surface area contributed by atoms with Gasteiger partial charge in [-0.2, -0.15) is 0 Å².